The molecule has 0 N–H and O–H groups in total. The highest BCUT2D eigenvalue weighted by atomic mass is 35.5. The van der Waals surface area contributed by atoms with Gasteiger partial charge in [-0.1, -0.05) is 11.6 Å². The number of ether oxygens (including phenoxy) is 2. The smallest absolute Gasteiger partial charge is 0.253 e. The summed E-state index contributed by atoms with van der Waals surface area (Å²) in [6.45, 7) is 0.912. The minimum atomic E-state index is -0.0602. The molecule has 2 aromatic carbocycles. The van der Waals surface area contributed by atoms with Gasteiger partial charge in [-0.15, -0.1) is 0 Å². The second-order valence-electron chi connectivity index (χ2n) is 4.76. The van der Waals surface area contributed by atoms with Gasteiger partial charge in [-0.25, -0.2) is 0 Å². The van der Waals surface area contributed by atoms with E-state index in [0.29, 0.717) is 23.7 Å². The van der Waals surface area contributed by atoms with Crippen molar-refractivity contribution < 1.29 is 14.3 Å². The second kappa shape index (κ2) is 7.71. The molecule has 0 unspecified atom stereocenters. The Bertz CT molecular complexity index is 611. The Kier molecular flexibility index (Phi) is 5.67. The van der Waals surface area contributed by atoms with Crippen molar-refractivity contribution in [1.82, 2.24) is 4.90 Å². The summed E-state index contributed by atoms with van der Waals surface area (Å²) in [5, 5.41) is 0.613. The molecule has 0 bridgehead atoms. The highest BCUT2D eigenvalue weighted by molar-refractivity contribution is 6.30. The summed E-state index contributed by atoms with van der Waals surface area (Å²) < 4.78 is 10.7. The first kappa shape index (κ1) is 16.2. The van der Waals surface area contributed by atoms with Crippen molar-refractivity contribution in [2.24, 2.45) is 0 Å². The summed E-state index contributed by atoms with van der Waals surface area (Å²) in [7, 11) is 3.36. The first-order chi connectivity index (χ1) is 10.6. The van der Waals surface area contributed by atoms with Crippen molar-refractivity contribution in [3.63, 3.8) is 0 Å². The fourth-order valence-electron chi connectivity index (χ4n) is 1.89. The number of hydrogen-bond acceptors (Lipinski definition) is 3. The SMILES string of the molecule is COc1ccc(OCCN(C)C(=O)c2ccc(Cl)cc2)cc1. The number of carbonyl (C=O) groups is 1. The van der Waals surface area contributed by atoms with Gasteiger partial charge < -0.3 is 14.4 Å². The number of likely N-dealkylation sites (N-methyl/N-ethyl adjacent to an activating group) is 1. The van der Waals surface area contributed by atoms with Crippen molar-refractivity contribution in [3.8, 4) is 11.5 Å². The van der Waals surface area contributed by atoms with Crippen LogP contribution in [-0.4, -0.2) is 38.1 Å². The summed E-state index contributed by atoms with van der Waals surface area (Å²) in [6, 6.07) is 14.2. The maximum Gasteiger partial charge on any atom is 0.253 e. The fourth-order valence-corrected chi connectivity index (χ4v) is 2.01. The van der Waals surface area contributed by atoms with Gasteiger partial charge in [0.2, 0.25) is 0 Å². The first-order valence-electron chi connectivity index (χ1n) is 6.88. The van der Waals surface area contributed by atoms with Crippen LogP contribution >= 0.6 is 11.6 Å². The van der Waals surface area contributed by atoms with Crippen LogP contribution in [0.3, 0.4) is 0 Å². The Labute approximate surface area is 135 Å². The Morgan fingerprint density at radius 3 is 2.23 bits per heavy atom. The Balaban J connectivity index is 1.82. The van der Waals surface area contributed by atoms with E-state index in [4.69, 9.17) is 21.1 Å². The van der Waals surface area contributed by atoms with E-state index in [1.54, 1.807) is 43.3 Å². The number of methoxy groups -OCH3 is 1. The third-order valence-corrected chi connectivity index (χ3v) is 3.44. The van der Waals surface area contributed by atoms with Crippen molar-refractivity contribution >= 4 is 17.5 Å². The predicted octanol–water partition coefficient (Wildman–Crippen LogP) is 3.50. The van der Waals surface area contributed by atoms with Gasteiger partial charge in [-0.05, 0) is 48.5 Å². The number of benzene rings is 2. The summed E-state index contributed by atoms with van der Waals surface area (Å²) in [5.74, 6) is 1.46. The molecule has 0 aliphatic heterocycles. The Morgan fingerprint density at radius 2 is 1.64 bits per heavy atom. The van der Waals surface area contributed by atoms with Crippen LogP contribution in [0.25, 0.3) is 0 Å². The third kappa shape index (κ3) is 4.40. The van der Waals surface area contributed by atoms with E-state index in [2.05, 4.69) is 0 Å². The molecule has 0 radical (unpaired) electrons. The lowest BCUT2D eigenvalue weighted by atomic mass is 10.2. The van der Waals surface area contributed by atoms with E-state index in [0.717, 1.165) is 11.5 Å². The molecule has 0 aliphatic carbocycles. The molecular weight excluding hydrogens is 302 g/mol. The van der Waals surface area contributed by atoms with Gasteiger partial charge in [0, 0.05) is 17.6 Å². The van der Waals surface area contributed by atoms with Crippen molar-refractivity contribution in [2.75, 3.05) is 27.3 Å². The van der Waals surface area contributed by atoms with Crippen LogP contribution in [0.2, 0.25) is 5.02 Å². The lowest BCUT2D eigenvalue weighted by Gasteiger charge is -2.17. The molecule has 5 heteroatoms. The van der Waals surface area contributed by atoms with Gasteiger partial charge in [-0.3, -0.25) is 4.79 Å². The monoisotopic (exact) mass is 319 g/mol. The molecule has 0 spiro atoms. The first-order valence-corrected chi connectivity index (χ1v) is 7.26. The summed E-state index contributed by atoms with van der Waals surface area (Å²) in [4.78, 5) is 13.8. The van der Waals surface area contributed by atoms with Crippen LogP contribution in [0.4, 0.5) is 0 Å². The van der Waals surface area contributed by atoms with Crippen molar-refractivity contribution in [1.29, 1.82) is 0 Å². The van der Waals surface area contributed by atoms with E-state index in [1.807, 2.05) is 24.3 Å². The maximum absolute atomic E-state index is 12.2. The lowest BCUT2D eigenvalue weighted by molar-refractivity contribution is 0.0774. The third-order valence-electron chi connectivity index (χ3n) is 3.19. The average molecular weight is 320 g/mol. The predicted molar refractivity (Wildman–Crippen MR) is 86.9 cm³/mol. The van der Waals surface area contributed by atoms with E-state index < -0.39 is 0 Å². The molecule has 2 rings (SSSR count). The summed E-state index contributed by atoms with van der Waals surface area (Å²) in [5.41, 5.74) is 0.608. The Morgan fingerprint density at radius 1 is 1.05 bits per heavy atom. The van der Waals surface area contributed by atoms with Crippen LogP contribution < -0.4 is 9.47 Å². The normalized spacial score (nSPS) is 10.1. The fraction of sp³-hybridized carbons (Fsp3) is 0.235. The standard InChI is InChI=1S/C17H18ClNO3/c1-19(17(20)13-3-5-14(18)6-4-13)11-12-22-16-9-7-15(21-2)8-10-16/h3-10H,11-12H2,1-2H3. The van der Waals surface area contributed by atoms with Crippen LogP contribution in [0, 0.1) is 0 Å². The lowest BCUT2D eigenvalue weighted by Crippen LogP contribution is -2.30. The van der Waals surface area contributed by atoms with Gasteiger partial charge in [0.15, 0.2) is 0 Å². The molecule has 1 amide bonds. The highest BCUT2D eigenvalue weighted by Crippen LogP contribution is 2.17. The molecule has 22 heavy (non-hydrogen) atoms. The summed E-state index contributed by atoms with van der Waals surface area (Å²) >= 11 is 5.82. The van der Waals surface area contributed by atoms with Crippen LogP contribution in [-0.2, 0) is 0 Å². The minimum absolute atomic E-state index is 0.0602. The highest BCUT2D eigenvalue weighted by Gasteiger charge is 2.11. The van der Waals surface area contributed by atoms with Gasteiger partial charge in [0.25, 0.3) is 5.91 Å². The molecule has 116 valence electrons. The molecule has 0 saturated carbocycles. The quantitative estimate of drug-likeness (QED) is 0.818. The minimum Gasteiger partial charge on any atom is -0.497 e. The van der Waals surface area contributed by atoms with E-state index in [1.165, 1.54) is 0 Å². The van der Waals surface area contributed by atoms with E-state index in [9.17, 15) is 4.79 Å². The molecule has 0 saturated heterocycles. The van der Waals surface area contributed by atoms with Gasteiger partial charge in [0.1, 0.15) is 18.1 Å². The summed E-state index contributed by atoms with van der Waals surface area (Å²) in [6.07, 6.45) is 0. The van der Waals surface area contributed by atoms with Crippen LogP contribution in [0.15, 0.2) is 48.5 Å². The molecule has 4 nitrogen and oxygen atoms in total. The zero-order valence-electron chi connectivity index (χ0n) is 12.6. The van der Waals surface area contributed by atoms with Gasteiger partial charge in [-0.2, -0.15) is 0 Å². The van der Waals surface area contributed by atoms with Gasteiger partial charge >= 0.3 is 0 Å². The molecule has 0 aliphatic rings. The number of halogens is 1. The molecular formula is C17H18ClNO3. The molecule has 0 aromatic heterocycles. The zero-order valence-corrected chi connectivity index (χ0v) is 13.3. The van der Waals surface area contributed by atoms with Crippen LogP contribution in [0.1, 0.15) is 10.4 Å². The number of rotatable bonds is 6. The van der Waals surface area contributed by atoms with Crippen molar-refractivity contribution in [2.45, 2.75) is 0 Å². The molecule has 0 atom stereocenters. The molecule has 2 aromatic rings. The zero-order chi connectivity index (χ0) is 15.9. The number of amides is 1. The average Bonchev–Trinajstić information content (AvgIpc) is 2.55. The topological polar surface area (TPSA) is 38.8 Å². The second-order valence-corrected chi connectivity index (χ2v) is 5.19. The van der Waals surface area contributed by atoms with E-state index >= 15 is 0 Å². The van der Waals surface area contributed by atoms with Gasteiger partial charge in [0.05, 0.1) is 13.7 Å². The molecule has 0 fully saturated rings. The largest absolute Gasteiger partial charge is 0.497 e. The Hall–Kier alpha value is -2.20. The number of carbonyl (C=O) groups excluding carboxylic acids is 1. The van der Waals surface area contributed by atoms with Crippen LogP contribution in [0.5, 0.6) is 11.5 Å². The van der Waals surface area contributed by atoms with Crippen molar-refractivity contribution in [3.05, 3.63) is 59.1 Å². The van der Waals surface area contributed by atoms with E-state index in [-0.39, 0.29) is 5.91 Å². The molecule has 0 heterocycles. The number of nitrogens with zero attached hydrogens (tertiary/aromatic N) is 1. The number of hydrogen-bond donors (Lipinski definition) is 0. The maximum atomic E-state index is 12.2.